The molecule has 0 aliphatic carbocycles. The topological polar surface area (TPSA) is 29.1 Å². The number of hydrogen-bond acceptors (Lipinski definition) is 2. The molecule has 0 saturated heterocycles. The van der Waals surface area contributed by atoms with Gasteiger partial charge in [0.25, 0.3) is 0 Å². The number of rotatable bonds is 6. The van der Waals surface area contributed by atoms with Crippen LogP contribution >= 0.6 is 45.8 Å². The summed E-state index contributed by atoms with van der Waals surface area (Å²) in [5.41, 5.74) is 2.63. The summed E-state index contributed by atoms with van der Waals surface area (Å²) in [6.07, 6.45) is 0.329. The quantitative estimate of drug-likeness (QED) is 0.294. The number of carbonyl (C=O) groups is 1. The molecule has 0 aromatic heterocycles. The van der Waals surface area contributed by atoms with Crippen molar-refractivity contribution in [2.24, 2.45) is 0 Å². The van der Waals surface area contributed by atoms with Crippen LogP contribution in [0, 0.1) is 3.57 Å². The lowest BCUT2D eigenvalue weighted by Gasteiger charge is -2.20. The third-order valence-corrected chi connectivity index (χ3v) is 5.24. The van der Waals surface area contributed by atoms with Gasteiger partial charge in [0.05, 0.1) is 6.04 Å². The van der Waals surface area contributed by atoms with Gasteiger partial charge in [0.15, 0.2) is 5.78 Å². The Morgan fingerprint density at radius 3 is 1.96 bits per heavy atom. The minimum atomic E-state index is -0.157. The summed E-state index contributed by atoms with van der Waals surface area (Å²) in [6.45, 7) is 0. The van der Waals surface area contributed by atoms with Gasteiger partial charge < -0.3 is 5.32 Å². The molecule has 5 heteroatoms. The fourth-order valence-electron chi connectivity index (χ4n) is 2.63. The highest BCUT2D eigenvalue weighted by molar-refractivity contribution is 14.1. The highest BCUT2D eigenvalue weighted by Crippen LogP contribution is 2.26. The molecule has 3 rings (SSSR count). The Hall–Kier alpha value is -1.56. The van der Waals surface area contributed by atoms with Gasteiger partial charge in [-0.25, -0.2) is 0 Å². The molecule has 0 spiro atoms. The van der Waals surface area contributed by atoms with Gasteiger partial charge in [-0.05, 0) is 88.8 Å². The lowest BCUT2D eigenvalue weighted by molar-refractivity contribution is 0.0976. The summed E-state index contributed by atoms with van der Waals surface area (Å²) >= 11 is 14.2. The Bertz CT molecular complexity index is 877. The maximum atomic E-state index is 12.7. The molecule has 1 N–H and O–H groups in total. The first-order valence-electron chi connectivity index (χ1n) is 8.07. The molecule has 2 nitrogen and oxygen atoms in total. The lowest BCUT2D eigenvalue weighted by atomic mass is 9.97. The van der Waals surface area contributed by atoms with Crippen molar-refractivity contribution in [3.8, 4) is 0 Å². The van der Waals surface area contributed by atoms with Crippen LogP contribution in [0.5, 0.6) is 0 Å². The molecular weight excluding hydrogens is 480 g/mol. The first-order valence-corrected chi connectivity index (χ1v) is 9.91. The van der Waals surface area contributed by atoms with E-state index in [-0.39, 0.29) is 11.8 Å². The summed E-state index contributed by atoms with van der Waals surface area (Å²) < 4.78 is 1.16. The smallest absolute Gasteiger partial charge is 0.165 e. The largest absolute Gasteiger partial charge is 0.378 e. The molecule has 0 heterocycles. The predicted octanol–water partition coefficient (Wildman–Crippen LogP) is 7.02. The Morgan fingerprint density at radius 2 is 1.38 bits per heavy atom. The third-order valence-electron chi connectivity index (χ3n) is 4.01. The Balaban J connectivity index is 1.84. The second kappa shape index (κ2) is 8.89. The molecule has 26 heavy (non-hydrogen) atoms. The highest BCUT2D eigenvalue weighted by Gasteiger charge is 2.17. The van der Waals surface area contributed by atoms with E-state index in [1.165, 1.54) is 0 Å². The normalized spacial score (nSPS) is 11.8. The minimum Gasteiger partial charge on any atom is -0.378 e. The van der Waals surface area contributed by atoms with Gasteiger partial charge in [-0.2, -0.15) is 0 Å². The fourth-order valence-corrected chi connectivity index (χ4v) is 3.25. The molecule has 0 fully saturated rings. The zero-order chi connectivity index (χ0) is 18.5. The molecule has 3 aromatic carbocycles. The lowest BCUT2D eigenvalue weighted by Crippen LogP contribution is -2.15. The molecule has 0 aliphatic heterocycles. The zero-order valence-electron chi connectivity index (χ0n) is 13.8. The van der Waals surface area contributed by atoms with E-state index in [0.29, 0.717) is 22.0 Å². The van der Waals surface area contributed by atoms with E-state index in [4.69, 9.17) is 23.2 Å². The fraction of sp³-hybridized carbons (Fsp3) is 0.0952. The number of halogens is 3. The molecule has 1 unspecified atom stereocenters. The van der Waals surface area contributed by atoms with E-state index in [1.54, 1.807) is 24.3 Å². The first-order chi connectivity index (χ1) is 12.5. The van der Waals surface area contributed by atoms with E-state index < -0.39 is 0 Å². The van der Waals surface area contributed by atoms with Gasteiger partial charge in [-0.3, -0.25) is 4.79 Å². The summed E-state index contributed by atoms with van der Waals surface area (Å²) in [5.74, 6) is 0.0552. The van der Waals surface area contributed by atoms with E-state index in [9.17, 15) is 4.79 Å². The summed E-state index contributed by atoms with van der Waals surface area (Å²) in [5, 5.41) is 4.75. The number of anilines is 1. The maximum absolute atomic E-state index is 12.7. The van der Waals surface area contributed by atoms with E-state index in [0.717, 1.165) is 14.8 Å². The maximum Gasteiger partial charge on any atom is 0.165 e. The molecule has 0 aliphatic rings. The van der Waals surface area contributed by atoms with Gasteiger partial charge in [0.1, 0.15) is 0 Å². The van der Waals surface area contributed by atoms with Crippen LogP contribution in [0.4, 0.5) is 5.69 Å². The molecule has 3 aromatic rings. The van der Waals surface area contributed by atoms with Gasteiger partial charge in [-0.15, -0.1) is 0 Å². The SMILES string of the molecule is O=C(CC(Nc1ccc(I)cc1)c1ccc(Cl)cc1)c1ccc(Cl)cc1. The molecule has 0 bridgehead atoms. The number of ketones is 1. The van der Waals surface area contributed by atoms with Crippen LogP contribution in [0.1, 0.15) is 28.4 Å². The Kier molecular flexibility index (Phi) is 6.57. The van der Waals surface area contributed by atoms with Crippen LogP contribution in [-0.2, 0) is 0 Å². The Morgan fingerprint density at radius 1 is 0.846 bits per heavy atom. The monoisotopic (exact) mass is 495 g/mol. The number of benzene rings is 3. The van der Waals surface area contributed by atoms with Crippen LogP contribution in [-0.4, -0.2) is 5.78 Å². The first kappa shape index (κ1) is 19.2. The van der Waals surface area contributed by atoms with Crippen LogP contribution in [0.2, 0.25) is 10.0 Å². The summed E-state index contributed by atoms with van der Waals surface area (Å²) in [7, 11) is 0. The van der Waals surface area contributed by atoms with E-state index in [1.807, 2.05) is 48.5 Å². The molecular formula is C21H16Cl2INO. The number of carbonyl (C=O) groups excluding carboxylic acids is 1. The molecule has 0 radical (unpaired) electrons. The van der Waals surface area contributed by atoms with Crippen molar-refractivity contribution in [1.29, 1.82) is 0 Å². The van der Waals surface area contributed by atoms with E-state index >= 15 is 0 Å². The zero-order valence-corrected chi connectivity index (χ0v) is 17.4. The standard InChI is InChI=1S/C21H16Cl2INO/c22-16-5-1-14(2-6-16)20(25-19-11-9-18(24)10-12-19)13-21(26)15-3-7-17(23)8-4-15/h1-12,20,25H,13H2. The second-order valence-electron chi connectivity index (χ2n) is 5.89. The second-order valence-corrected chi connectivity index (χ2v) is 8.01. The van der Waals surface area contributed by atoms with Crippen molar-refractivity contribution in [1.82, 2.24) is 0 Å². The van der Waals surface area contributed by atoms with Crippen molar-refractivity contribution in [2.75, 3.05) is 5.32 Å². The summed E-state index contributed by atoms with van der Waals surface area (Å²) in [4.78, 5) is 12.7. The summed E-state index contributed by atoms with van der Waals surface area (Å²) in [6, 6.07) is 22.5. The number of Topliss-reactive ketones (excluding diaryl/α,β-unsaturated/α-hetero) is 1. The van der Waals surface area contributed by atoms with Crippen molar-refractivity contribution >= 4 is 57.3 Å². The third kappa shape index (κ3) is 5.22. The number of hydrogen-bond donors (Lipinski definition) is 1. The average Bonchev–Trinajstić information content (AvgIpc) is 2.64. The Labute approximate surface area is 176 Å². The van der Waals surface area contributed by atoms with Gasteiger partial charge in [0.2, 0.25) is 0 Å². The average molecular weight is 496 g/mol. The molecule has 0 saturated carbocycles. The van der Waals surface area contributed by atoms with Crippen LogP contribution in [0.15, 0.2) is 72.8 Å². The highest BCUT2D eigenvalue weighted by atomic mass is 127. The van der Waals surface area contributed by atoms with Crippen molar-refractivity contribution < 1.29 is 4.79 Å². The van der Waals surface area contributed by atoms with Crippen LogP contribution in [0.3, 0.4) is 0 Å². The van der Waals surface area contributed by atoms with Crippen LogP contribution in [0.25, 0.3) is 0 Å². The number of nitrogens with one attached hydrogen (secondary N) is 1. The molecule has 0 amide bonds. The van der Waals surface area contributed by atoms with Crippen LogP contribution < -0.4 is 5.32 Å². The molecule has 132 valence electrons. The van der Waals surface area contributed by atoms with Gasteiger partial charge in [0, 0.05) is 31.3 Å². The van der Waals surface area contributed by atoms with Crippen molar-refractivity contribution in [2.45, 2.75) is 12.5 Å². The minimum absolute atomic E-state index is 0.0552. The predicted molar refractivity (Wildman–Crippen MR) is 117 cm³/mol. The van der Waals surface area contributed by atoms with Gasteiger partial charge in [-0.1, -0.05) is 35.3 Å². The van der Waals surface area contributed by atoms with Gasteiger partial charge >= 0.3 is 0 Å². The van der Waals surface area contributed by atoms with E-state index in [2.05, 4.69) is 27.9 Å². The van der Waals surface area contributed by atoms with Crippen molar-refractivity contribution in [3.05, 3.63) is 97.5 Å². The molecule has 1 atom stereocenters. The van der Waals surface area contributed by atoms with Crippen molar-refractivity contribution in [3.63, 3.8) is 0 Å².